The first-order valence-electron chi connectivity index (χ1n) is 7.64. The molecule has 0 saturated heterocycles. The summed E-state index contributed by atoms with van der Waals surface area (Å²) in [5, 5.41) is 4.90. The highest BCUT2D eigenvalue weighted by atomic mass is 79.9. The van der Waals surface area contributed by atoms with Crippen LogP contribution in [0.5, 0.6) is 0 Å². The van der Waals surface area contributed by atoms with E-state index < -0.39 is 0 Å². The zero-order chi connectivity index (χ0) is 18.0. The van der Waals surface area contributed by atoms with Crippen LogP contribution in [-0.2, 0) is 16.1 Å². The second kappa shape index (κ2) is 7.37. The SMILES string of the molecule is CC(=O)N(C)CC(=O)NCc1cnc2scc(-c3ccc(Br)cc3)n12. The van der Waals surface area contributed by atoms with Crippen LogP contribution in [0.1, 0.15) is 12.6 Å². The Morgan fingerprint density at radius 3 is 2.72 bits per heavy atom. The smallest absolute Gasteiger partial charge is 0.239 e. The molecule has 1 aromatic carbocycles. The molecule has 2 heterocycles. The van der Waals surface area contributed by atoms with Gasteiger partial charge in [0.15, 0.2) is 4.96 Å². The largest absolute Gasteiger partial charge is 0.349 e. The Morgan fingerprint density at radius 2 is 2.04 bits per heavy atom. The molecule has 1 N–H and O–H groups in total. The number of amides is 2. The second-order valence-corrected chi connectivity index (χ2v) is 7.40. The minimum absolute atomic E-state index is 0.0421. The fourth-order valence-corrected chi connectivity index (χ4v) is 3.54. The molecule has 0 aliphatic heterocycles. The van der Waals surface area contributed by atoms with Crippen LogP contribution in [-0.4, -0.2) is 39.7 Å². The van der Waals surface area contributed by atoms with Crippen LogP contribution in [0.2, 0.25) is 0 Å². The zero-order valence-corrected chi connectivity index (χ0v) is 16.2. The van der Waals surface area contributed by atoms with E-state index in [9.17, 15) is 9.59 Å². The molecule has 0 atom stereocenters. The van der Waals surface area contributed by atoms with Crippen molar-refractivity contribution in [2.45, 2.75) is 13.5 Å². The summed E-state index contributed by atoms with van der Waals surface area (Å²) in [6, 6.07) is 8.06. The number of carbonyl (C=O) groups is 2. The van der Waals surface area contributed by atoms with Gasteiger partial charge in [0.25, 0.3) is 0 Å². The molecule has 25 heavy (non-hydrogen) atoms. The van der Waals surface area contributed by atoms with Gasteiger partial charge in [-0.05, 0) is 17.7 Å². The summed E-state index contributed by atoms with van der Waals surface area (Å²) in [7, 11) is 1.60. The number of halogens is 1. The van der Waals surface area contributed by atoms with Gasteiger partial charge in [0.2, 0.25) is 11.8 Å². The van der Waals surface area contributed by atoms with Gasteiger partial charge in [0.1, 0.15) is 0 Å². The summed E-state index contributed by atoms with van der Waals surface area (Å²) in [6.45, 7) is 1.83. The first-order valence-corrected chi connectivity index (χ1v) is 9.31. The first kappa shape index (κ1) is 17.6. The lowest BCUT2D eigenvalue weighted by Crippen LogP contribution is -2.37. The van der Waals surface area contributed by atoms with Gasteiger partial charge < -0.3 is 10.2 Å². The number of imidazole rings is 1. The number of nitrogens with zero attached hydrogens (tertiary/aromatic N) is 3. The maximum Gasteiger partial charge on any atom is 0.239 e. The van der Waals surface area contributed by atoms with Crippen molar-refractivity contribution in [3.8, 4) is 11.3 Å². The molecule has 6 nitrogen and oxygen atoms in total. The van der Waals surface area contributed by atoms with Gasteiger partial charge in [-0.1, -0.05) is 28.1 Å². The third-order valence-electron chi connectivity index (χ3n) is 3.84. The Balaban J connectivity index is 1.79. The summed E-state index contributed by atoms with van der Waals surface area (Å²) in [6.07, 6.45) is 1.77. The second-order valence-electron chi connectivity index (χ2n) is 5.65. The number of benzene rings is 1. The maximum absolute atomic E-state index is 12.0. The van der Waals surface area contributed by atoms with Crippen LogP contribution in [0.15, 0.2) is 40.3 Å². The topological polar surface area (TPSA) is 66.7 Å². The average Bonchev–Trinajstić information content (AvgIpc) is 3.16. The number of rotatable bonds is 5. The van der Waals surface area contributed by atoms with Crippen molar-refractivity contribution in [1.82, 2.24) is 19.6 Å². The number of hydrogen-bond donors (Lipinski definition) is 1. The zero-order valence-electron chi connectivity index (χ0n) is 13.8. The van der Waals surface area contributed by atoms with Crippen LogP contribution in [0.4, 0.5) is 0 Å². The predicted molar refractivity (Wildman–Crippen MR) is 101 cm³/mol. The molecule has 8 heteroatoms. The monoisotopic (exact) mass is 420 g/mol. The molecule has 3 aromatic rings. The molecule has 0 aliphatic carbocycles. The highest BCUT2D eigenvalue weighted by molar-refractivity contribution is 9.10. The minimum atomic E-state index is -0.201. The molecule has 130 valence electrons. The Hall–Kier alpha value is -2.19. The van der Waals surface area contributed by atoms with Gasteiger partial charge in [-0.3, -0.25) is 14.0 Å². The van der Waals surface area contributed by atoms with Gasteiger partial charge in [0, 0.05) is 23.8 Å². The Bertz CT molecular complexity index is 917. The molecule has 0 aliphatic rings. The maximum atomic E-state index is 12.0. The van der Waals surface area contributed by atoms with Crippen molar-refractivity contribution in [1.29, 1.82) is 0 Å². The Labute approximate surface area is 157 Å². The third-order valence-corrected chi connectivity index (χ3v) is 5.21. The molecule has 0 radical (unpaired) electrons. The lowest BCUT2D eigenvalue weighted by Gasteiger charge is -2.14. The van der Waals surface area contributed by atoms with Crippen molar-refractivity contribution in [2.24, 2.45) is 0 Å². The number of fused-ring (bicyclic) bond motifs is 1. The lowest BCUT2D eigenvalue weighted by atomic mass is 10.2. The van der Waals surface area contributed by atoms with E-state index in [-0.39, 0.29) is 18.4 Å². The molecule has 0 unspecified atom stereocenters. The Morgan fingerprint density at radius 1 is 1.32 bits per heavy atom. The molecule has 2 amide bonds. The fraction of sp³-hybridized carbons (Fsp3) is 0.235. The molecule has 3 rings (SSSR count). The normalized spacial score (nSPS) is 10.8. The number of nitrogens with one attached hydrogen (secondary N) is 1. The van der Waals surface area contributed by atoms with Crippen LogP contribution in [0.3, 0.4) is 0 Å². The standard InChI is InChI=1S/C17H17BrN4O2S/c1-11(23)21(2)9-16(24)19-7-14-8-20-17-22(14)15(10-25-17)12-3-5-13(18)6-4-12/h3-6,8,10H,7,9H2,1-2H3,(H,19,24). The average molecular weight is 421 g/mol. The summed E-state index contributed by atoms with van der Waals surface area (Å²) >= 11 is 5.00. The van der Waals surface area contributed by atoms with Crippen molar-refractivity contribution in [3.63, 3.8) is 0 Å². The van der Waals surface area contributed by atoms with Crippen molar-refractivity contribution < 1.29 is 9.59 Å². The van der Waals surface area contributed by atoms with E-state index in [1.807, 2.05) is 28.7 Å². The number of carbonyl (C=O) groups excluding carboxylic acids is 2. The fourth-order valence-electron chi connectivity index (χ4n) is 2.38. The van der Waals surface area contributed by atoms with Crippen molar-refractivity contribution in [2.75, 3.05) is 13.6 Å². The predicted octanol–water partition coefficient (Wildman–Crippen LogP) is 2.92. The summed E-state index contributed by atoms with van der Waals surface area (Å²) < 4.78 is 3.07. The van der Waals surface area contributed by atoms with Gasteiger partial charge in [-0.2, -0.15) is 0 Å². The minimum Gasteiger partial charge on any atom is -0.349 e. The van der Waals surface area contributed by atoms with E-state index in [4.69, 9.17) is 0 Å². The highest BCUT2D eigenvalue weighted by Crippen LogP contribution is 2.28. The van der Waals surface area contributed by atoms with Crippen LogP contribution in [0, 0.1) is 0 Å². The molecular weight excluding hydrogens is 404 g/mol. The van der Waals surface area contributed by atoms with E-state index in [1.54, 1.807) is 24.6 Å². The van der Waals surface area contributed by atoms with Crippen LogP contribution >= 0.6 is 27.3 Å². The van der Waals surface area contributed by atoms with Crippen LogP contribution < -0.4 is 5.32 Å². The quantitative estimate of drug-likeness (QED) is 0.689. The lowest BCUT2D eigenvalue weighted by molar-refractivity contribution is -0.133. The molecule has 0 spiro atoms. The highest BCUT2D eigenvalue weighted by Gasteiger charge is 2.14. The Kier molecular flexibility index (Phi) is 5.19. The van der Waals surface area contributed by atoms with E-state index in [0.717, 1.165) is 26.4 Å². The van der Waals surface area contributed by atoms with Crippen LogP contribution in [0.25, 0.3) is 16.2 Å². The van der Waals surface area contributed by atoms with Gasteiger partial charge in [0.05, 0.1) is 30.7 Å². The third kappa shape index (κ3) is 3.91. The molecule has 0 bridgehead atoms. The molecule has 0 fully saturated rings. The van der Waals surface area contributed by atoms with E-state index in [0.29, 0.717) is 6.54 Å². The summed E-state index contributed by atoms with van der Waals surface area (Å²) in [5.41, 5.74) is 3.01. The van der Waals surface area contributed by atoms with E-state index >= 15 is 0 Å². The first-order chi connectivity index (χ1) is 12.0. The number of aromatic nitrogens is 2. The molecule has 2 aromatic heterocycles. The molecule has 0 saturated carbocycles. The van der Waals surface area contributed by atoms with E-state index in [1.165, 1.54) is 11.8 Å². The van der Waals surface area contributed by atoms with Crippen molar-refractivity contribution in [3.05, 3.63) is 46.0 Å². The molecular formula is C17H17BrN4O2S. The van der Waals surface area contributed by atoms with Gasteiger partial charge >= 0.3 is 0 Å². The van der Waals surface area contributed by atoms with E-state index in [2.05, 4.69) is 31.6 Å². The number of hydrogen-bond acceptors (Lipinski definition) is 4. The van der Waals surface area contributed by atoms with Gasteiger partial charge in [-0.25, -0.2) is 4.98 Å². The van der Waals surface area contributed by atoms with Gasteiger partial charge in [-0.15, -0.1) is 11.3 Å². The number of likely N-dealkylation sites (N-methyl/N-ethyl adjacent to an activating group) is 1. The van der Waals surface area contributed by atoms with Crippen molar-refractivity contribution >= 4 is 44.0 Å². The number of thiazole rings is 1. The summed E-state index contributed by atoms with van der Waals surface area (Å²) in [5.74, 6) is -0.342. The summed E-state index contributed by atoms with van der Waals surface area (Å²) in [4.78, 5) is 29.8.